The van der Waals surface area contributed by atoms with Crippen molar-refractivity contribution in [1.82, 2.24) is 9.97 Å². The smallest absolute Gasteiger partial charge is 0.225 e. The molecule has 1 heterocycles. The van der Waals surface area contributed by atoms with Crippen molar-refractivity contribution in [2.45, 2.75) is 39.8 Å². The maximum atomic E-state index is 4.76. The van der Waals surface area contributed by atoms with Gasteiger partial charge in [-0.2, -0.15) is 4.98 Å². The van der Waals surface area contributed by atoms with Gasteiger partial charge in [-0.1, -0.05) is 86.6 Å². The summed E-state index contributed by atoms with van der Waals surface area (Å²) >= 11 is 0. The van der Waals surface area contributed by atoms with E-state index in [2.05, 4.69) is 85.1 Å². The van der Waals surface area contributed by atoms with Crippen LogP contribution >= 0.6 is 0 Å². The van der Waals surface area contributed by atoms with Gasteiger partial charge in [0.05, 0.1) is 0 Å². The normalized spacial score (nSPS) is 11.1. The summed E-state index contributed by atoms with van der Waals surface area (Å²) in [7, 11) is 0. The number of fused-ring (bicyclic) bond motifs is 1. The Morgan fingerprint density at radius 2 is 1.55 bits per heavy atom. The first-order valence-corrected chi connectivity index (χ1v) is 11.0. The molecule has 4 rings (SSSR count). The van der Waals surface area contributed by atoms with Gasteiger partial charge in [0, 0.05) is 24.8 Å². The van der Waals surface area contributed by atoms with Crippen LogP contribution in [0.2, 0.25) is 0 Å². The zero-order chi connectivity index (χ0) is 21.5. The second kappa shape index (κ2) is 10.1. The van der Waals surface area contributed by atoms with Gasteiger partial charge in [0.25, 0.3) is 0 Å². The molecule has 0 saturated heterocycles. The third kappa shape index (κ3) is 5.82. The second-order valence-electron chi connectivity index (χ2n) is 8.33. The molecule has 0 aliphatic heterocycles. The fourth-order valence-electron chi connectivity index (χ4n) is 3.64. The number of nitrogens with zero attached hydrogens (tertiary/aromatic N) is 2. The lowest BCUT2D eigenvalue weighted by atomic mass is 10.0. The first-order chi connectivity index (χ1) is 15.2. The molecule has 2 N–H and O–H groups in total. The van der Waals surface area contributed by atoms with Crippen LogP contribution in [0.5, 0.6) is 0 Å². The molecule has 0 saturated carbocycles. The zero-order valence-electron chi connectivity index (χ0n) is 18.3. The van der Waals surface area contributed by atoms with Crippen LogP contribution in [0.1, 0.15) is 37.1 Å². The number of hydrogen-bond donors (Lipinski definition) is 2. The van der Waals surface area contributed by atoms with Crippen LogP contribution in [0, 0.1) is 5.92 Å². The van der Waals surface area contributed by atoms with E-state index in [0.29, 0.717) is 18.4 Å². The first kappa shape index (κ1) is 20.9. The molecular weight excluding hydrogens is 380 g/mol. The molecule has 4 heteroatoms. The van der Waals surface area contributed by atoms with Crippen LogP contribution in [0.15, 0.2) is 78.9 Å². The van der Waals surface area contributed by atoms with Crippen molar-refractivity contribution in [3.8, 4) is 0 Å². The van der Waals surface area contributed by atoms with Crippen molar-refractivity contribution in [3.05, 3.63) is 95.7 Å². The summed E-state index contributed by atoms with van der Waals surface area (Å²) in [6, 6.07) is 27.4. The number of anilines is 2. The Morgan fingerprint density at radius 1 is 0.774 bits per heavy atom. The lowest BCUT2D eigenvalue weighted by molar-refractivity contribution is 0.581. The van der Waals surface area contributed by atoms with E-state index in [1.807, 2.05) is 18.2 Å². The minimum Gasteiger partial charge on any atom is -0.366 e. The number of benzene rings is 3. The zero-order valence-corrected chi connectivity index (χ0v) is 18.3. The van der Waals surface area contributed by atoms with Gasteiger partial charge in [-0.05, 0) is 40.7 Å². The third-order valence-electron chi connectivity index (χ3n) is 5.39. The summed E-state index contributed by atoms with van der Waals surface area (Å²) in [4.78, 5) is 9.50. The maximum Gasteiger partial charge on any atom is 0.225 e. The van der Waals surface area contributed by atoms with Gasteiger partial charge in [0.1, 0.15) is 5.82 Å². The van der Waals surface area contributed by atoms with Crippen LogP contribution in [-0.2, 0) is 19.5 Å². The van der Waals surface area contributed by atoms with Crippen molar-refractivity contribution >= 4 is 22.5 Å². The Morgan fingerprint density at radius 3 is 2.39 bits per heavy atom. The lowest BCUT2D eigenvalue weighted by Gasteiger charge is -2.13. The van der Waals surface area contributed by atoms with E-state index in [-0.39, 0.29) is 0 Å². The minimum atomic E-state index is 0.641. The second-order valence-corrected chi connectivity index (χ2v) is 8.33. The lowest BCUT2D eigenvalue weighted by Crippen LogP contribution is -2.09. The summed E-state index contributed by atoms with van der Waals surface area (Å²) in [6.45, 7) is 5.92. The van der Waals surface area contributed by atoms with E-state index >= 15 is 0 Å². The highest BCUT2D eigenvalue weighted by Gasteiger charge is 2.07. The molecule has 0 spiro atoms. The Hall–Kier alpha value is -3.40. The Labute approximate surface area is 184 Å². The van der Waals surface area contributed by atoms with Gasteiger partial charge in [-0.3, -0.25) is 0 Å². The van der Waals surface area contributed by atoms with Crippen molar-refractivity contribution in [3.63, 3.8) is 0 Å². The van der Waals surface area contributed by atoms with E-state index in [9.17, 15) is 0 Å². The number of nitrogens with one attached hydrogen (secondary N) is 2. The fraction of sp³-hybridized carbons (Fsp3) is 0.259. The van der Waals surface area contributed by atoms with E-state index in [1.54, 1.807) is 0 Å². The van der Waals surface area contributed by atoms with Crippen molar-refractivity contribution in [1.29, 1.82) is 0 Å². The summed E-state index contributed by atoms with van der Waals surface area (Å²) in [6.07, 6.45) is 2.06. The number of aromatic nitrogens is 2. The van der Waals surface area contributed by atoms with E-state index < -0.39 is 0 Å². The molecule has 0 fully saturated rings. The summed E-state index contributed by atoms with van der Waals surface area (Å²) < 4.78 is 0. The average molecular weight is 411 g/mol. The molecule has 0 unspecified atom stereocenters. The van der Waals surface area contributed by atoms with E-state index in [4.69, 9.17) is 9.97 Å². The highest BCUT2D eigenvalue weighted by Crippen LogP contribution is 2.20. The van der Waals surface area contributed by atoms with Crippen LogP contribution < -0.4 is 10.6 Å². The van der Waals surface area contributed by atoms with Crippen molar-refractivity contribution in [2.75, 3.05) is 10.6 Å². The highest BCUT2D eigenvalue weighted by molar-refractivity contribution is 5.85. The predicted molar refractivity (Wildman–Crippen MR) is 130 cm³/mol. The number of rotatable bonds is 9. The minimum absolute atomic E-state index is 0.641. The Kier molecular flexibility index (Phi) is 6.78. The van der Waals surface area contributed by atoms with E-state index in [1.165, 1.54) is 21.9 Å². The third-order valence-corrected chi connectivity index (χ3v) is 5.39. The molecule has 0 atom stereocenters. The molecule has 158 valence electrons. The quantitative estimate of drug-likeness (QED) is 0.333. The van der Waals surface area contributed by atoms with E-state index in [0.717, 1.165) is 30.9 Å². The van der Waals surface area contributed by atoms with Crippen LogP contribution in [-0.4, -0.2) is 9.97 Å². The molecule has 0 aliphatic rings. The van der Waals surface area contributed by atoms with Gasteiger partial charge in [0.15, 0.2) is 0 Å². The summed E-state index contributed by atoms with van der Waals surface area (Å²) in [5, 5.41) is 9.45. The molecule has 0 bridgehead atoms. The molecule has 1 aromatic heterocycles. The van der Waals surface area contributed by atoms with Gasteiger partial charge < -0.3 is 10.6 Å². The summed E-state index contributed by atoms with van der Waals surface area (Å²) in [5.41, 5.74) is 3.54. The largest absolute Gasteiger partial charge is 0.366 e. The van der Waals surface area contributed by atoms with Gasteiger partial charge in [-0.25, -0.2) is 4.98 Å². The monoisotopic (exact) mass is 410 g/mol. The number of hydrogen-bond acceptors (Lipinski definition) is 4. The average Bonchev–Trinajstić information content (AvgIpc) is 2.81. The maximum absolute atomic E-state index is 4.76. The molecule has 0 amide bonds. The van der Waals surface area contributed by atoms with Crippen molar-refractivity contribution < 1.29 is 0 Å². The molecule has 3 aromatic carbocycles. The first-order valence-electron chi connectivity index (χ1n) is 11.0. The van der Waals surface area contributed by atoms with Gasteiger partial charge in [0.2, 0.25) is 5.95 Å². The predicted octanol–water partition coefficient (Wildman–Crippen LogP) is 6.44. The van der Waals surface area contributed by atoms with Crippen LogP contribution in [0.3, 0.4) is 0 Å². The van der Waals surface area contributed by atoms with Gasteiger partial charge in [-0.15, -0.1) is 0 Å². The molecule has 4 aromatic rings. The summed E-state index contributed by atoms with van der Waals surface area (Å²) in [5.74, 6) is 2.17. The topological polar surface area (TPSA) is 49.8 Å². The Bertz CT molecular complexity index is 1120. The number of aryl methyl sites for hydroxylation is 1. The highest BCUT2D eigenvalue weighted by atomic mass is 15.1. The fourth-order valence-corrected chi connectivity index (χ4v) is 3.64. The van der Waals surface area contributed by atoms with Gasteiger partial charge >= 0.3 is 0 Å². The molecule has 0 aliphatic carbocycles. The Balaban J connectivity index is 1.52. The van der Waals surface area contributed by atoms with Crippen LogP contribution in [0.4, 0.5) is 11.8 Å². The standard InChI is InChI=1S/C27H30N4/c1-20(2)15-16-24-17-26(31-27(30-24)29-18-21-9-4-3-5-10-21)28-19-23-13-8-12-22-11-6-7-14-25(22)23/h3-14,17,20H,15-16,18-19H2,1-2H3,(H2,28,29,30,31). The van der Waals surface area contributed by atoms with Crippen LogP contribution in [0.25, 0.3) is 10.8 Å². The molecule has 31 heavy (non-hydrogen) atoms. The molecule has 4 nitrogen and oxygen atoms in total. The van der Waals surface area contributed by atoms with Crippen molar-refractivity contribution in [2.24, 2.45) is 5.92 Å². The molecular formula is C27H30N4. The molecule has 0 radical (unpaired) electrons. The SMILES string of the molecule is CC(C)CCc1cc(NCc2cccc3ccccc23)nc(NCc2ccccc2)n1.